The van der Waals surface area contributed by atoms with Crippen molar-refractivity contribution in [2.75, 3.05) is 36.8 Å². The van der Waals surface area contributed by atoms with Gasteiger partial charge in [-0.3, -0.25) is 0 Å². The third kappa shape index (κ3) is 2.43. The maximum absolute atomic E-state index is 10.7. The minimum absolute atomic E-state index is 0.492. The van der Waals surface area contributed by atoms with Gasteiger partial charge < -0.3 is 25.4 Å². The normalized spacial score (nSPS) is 16.1. The van der Waals surface area contributed by atoms with Crippen LogP contribution in [0, 0.1) is 6.92 Å². The number of rotatable bonds is 1. The van der Waals surface area contributed by atoms with Gasteiger partial charge in [0.2, 0.25) is 0 Å². The highest BCUT2D eigenvalue weighted by molar-refractivity contribution is 5.64. The molecule has 1 amide bonds. The van der Waals surface area contributed by atoms with E-state index in [0.29, 0.717) is 26.2 Å². The number of hydrogen-bond donors (Lipinski definition) is 1. The van der Waals surface area contributed by atoms with Crippen LogP contribution in [0.4, 0.5) is 16.2 Å². The minimum atomic E-state index is -1.08. The van der Waals surface area contributed by atoms with Gasteiger partial charge in [0.1, 0.15) is 6.09 Å². The summed E-state index contributed by atoms with van der Waals surface area (Å²) in [6.07, 6.45) is -1.08. The Morgan fingerprint density at radius 2 is 1.94 bits per heavy atom. The molecule has 0 atom stereocenters. The van der Waals surface area contributed by atoms with Gasteiger partial charge in [0.05, 0.1) is 0 Å². The van der Waals surface area contributed by atoms with Crippen molar-refractivity contribution in [1.82, 2.24) is 4.90 Å². The third-order valence-electron chi connectivity index (χ3n) is 3.10. The molecule has 0 aromatic heterocycles. The summed E-state index contributed by atoms with van der Waals surface area (Å²) in [7, 11) is 0. The summed E-state index contributed by atoms with van der Waals surface area (Å²) in [4.78, 5) is 14.2. The van der Waals surface area contributed by atoms with Crippen molar-refractivity contribution >= 4 is 17.5 Å². The Morgan fingerprint density at radius 3 is 2.47 bits per heavy atom. The zero-order chi connectivity index (χ0) is 12.4. The van der Waals surface area contributed by atoms with Crippen molar-refractivity contribution in [3.63, 3.8) is 0 Å². The molecule has 0 aliphatic carbocycles. The van der Waals surface area contributed by atoms with Crippen molar-refractivity contribution in [1.29, 1.82) is 0 Å². The fourth-order valence-corrected chi connectivity index (χ4v) is 2.16. The summed E-state index contributed by atoms with van der Waals surface area (Å²) < 4.78 is 0. The molecular weight excluding hydrogens is 218 g/mol. The zero-order valence-corrected chi connectivity index (χ0v) is 9.85. The highest BCUT2D eigenvalue weighted by Gasteiger charge is 2.17. The first-order chi connectivity index (χ1) is 8.08. The fraction of sp³-hybridized carbons (Fsp3) is 0.417. The average molecular weight is 234 g/mol. The molecule has 0 bridgehead atoms. The molecule has 1 heterocycles. The van der Waals surface area contributed by atoms with Crippen molar-refractivity contribution in [3.05, 3.63) is 23.8 Å². The molecule has 17 heavy (non-hydrogen) atoms. The molecule has 1 saturated heterocycles. The summed E-state index contributed by atoms with van der Waals surface area (Å²) in [5.41, 5.74) is 8.70. The summed E-state index contributed by atoms with van der Waals surface area (Å²) in [5, 5.41) is 10.7. The Kier molecular flexibility index (Phi) is 3.08. The van der Waals surface area contributed by atoms with Gasteiger partial charge in [0.15, 0.2) is 0 Å². The van der Waals surface area contributed by atoms with Crippen LogP contribution in [0.1, 0.15) is 5.56 Å². The van der Waals surface area contributed by atoms with Crippen molar-refractivity contribution in [3.8, 4) is 0 Å². The molecule has 1 aliphatic heterocycles. The first-order valence-electron chi connectivity index (χ1n) is 5.65. The number of nitrogens with zero attached hydrogens (tertiary/aromatic N) is 2. The van der Waals surface area contributed by atoms with Gasteiger partial charge in [0.25, 0.3) is 0 Å². The second-order valence-electron chi connectivity index (χ2n) is 4.29. The quantitative estimate of drug-likeness (QED) is 0.696. The van der Waals surface area contributed by atoms with Gasteiger partial charge in [-0.1, -0.05) is 0 Å². The minimum Gasteiger partial charge on any atom is -0.530 e. The van der Waals surface area contributed by atoms with Gasteiger partial charge in [-0.2, -0.15) is 0 Å². The number of nitrogen functional groups attached to an aromatic ring is 1. The van der Waals surface area contributed by atoms with Gasteiger partial charge in [-0.15, -0.1) is 0 Å². The second kappa shape index (κ2) is 4.53. The number of nitrogens with two attached hydrogens (primary N) is 1. The molecule has 0 unspecified atom stereocenters. The molecule has 92 valence electrons. The van der Waals surface area contributed by atoms with E-state index >= 15 is 0 Å². The summed E-state index contributed by atoms with van der Waals surface area (Å²) >= 11 is 0. The van der Waals surface area contributed by atoms with Crippen molar-refractivity contribution in [2.24, 2.45) is 0 Å². The SMILES string of the molecule is Cc1cc(N)ccc1N1CCN(C(=O)[O-])CC1. The van der Waals surface area contributed by atoms with Gasteiger partial charge in [-0.25, -0.2) is 0 Å². The number of carbonyl (C=O) groups is 1. The Hall–Kier alpha value is -1.91. The molecule has 1 aliphatic rings. The molecule has 0 saturated carbocycles. The maximum Gasteiger partial charge on any atom is 0.137 e. The highest BCUT2D eigenvalue weighted by Crippen LogP contribution is 2.23. The molecule has 1 aromatic rings. The Morgan fingerprint density at radius 1 is 1.29 bits per heavy atom. The average Bonchev–Trinajstić information content (AvgIpc) is 2.29. The van der Waals surface area contributed by atoms with Gasteiger partial charge in [0, 0.05) is 37.6 Å². The van der Waals surface area contributed by atoms with E-state index in [1.54, 1.807) is 0 Å². The molecule has 5 nitrogen and oxygen atoms in total. The molecule has 1 fully saturated rings. The smallest absolute Gasteiger partial charge is 0.137 e. The van der Waals surface area contributed by atoms with Crippen molar-refractivity contribution in [2.45, 2.75) is 6.92 Å². The number of amides is 1. The monoisotopic (exact) mass is 234 g/mol. The van der Waals surface area contributed by atoms with Crippen LogP contribution in [0.5, 0.6) is 0 Å². The van der Waals surface area contributed by atoms with Crippen LogP contribution in [0.3, 0.4) is 0 Å². The topological polar surface area (TPSA) is 72.6 Å². The molecule has 2 N–H and O–H groups in total. The number of aryl methyl sites for hydroxylation is 1. The zero-order valence-electron chi connectivity index (χ0n) is 9.85. The van der Waals surface area contributed by atoms with Crippen LogP contribution >= 0.6 is 0 Å². The lowest BCUT2D eigenvalue weighted by atomic mass is 10.1. The van der Waals surface area contributed by atoms with E-state index < -0.39 is 6.09 Å². The predicted octanol–water partition coefficient (Wildman–Crippen LogP) is 0.0425. The first-order valence-corrected chi connectivity index (χ1v) is 5.65. The first kappa shape index (κ1) is 11.6. The number of hydrogen-bond acceptors (Lipinski definition) is 4. The Labute approximate surface area is 100 Å². The van der Waals surface area contributed by atoms with Crippen LogP contribution < -0.4 is 15.7 Å². The van der Waals surface area contributed by atoms with Crippen LogP contribution in [0.15, 0.2) is 18.2 Å². The number of benzene rings is 1. The van der Waals surface area contributed by atoms with E-state index in [2.05, 4.69) is 4.90 Å². The summed E-state index contributed by atoms with van der Waals surface area (Å²) in [6.45, 7) is 4.38. The summed E-state index contributed by atoms with van der Waals surface area (Å²) in [5.74, 6) is 0. The fourth-order valence-electron chi connectivity index (χ4n) is 2.16. The van der Waals surface area contributed by atoms with Crippen LogP contribution in [-0.2, 0) is 0 Å². The van der Waals surface area contributed by atoms with E-state index in [1.807, 2.05) is 25.1 Å². The largest absolute Gasteiger partial charge is 0.530 e. The van der Waals surface area contributed by atoms with Gasteiger partial charge >= 0.3 is 0 Å². The molecule has 1 aromatic carbocycles. The number of piperazine rings is 1. The lowest BCUT2D eigenvalue weighted by Gasteiger charge is -2.38. The highest BCUT2D eigenvalue weighted by atomic mass is 16.4. The second-order valence-corrected chi connectivity index (χ2v) is 4.29. The number of carbonyl (C=O) groups excluding carboxylic acids is 1. The standard InChI is InChI=1S/C12H17N3O2/c1-9-8-10(13)2-3-11(9)14-4-6-15(7-5-14)12(16)17/h2-3,8H,4-7,13H2,1H3,(H,16,17)/p-1. The third-order valence-corrected chi connectivity index (χ3v) is 3.10. The Bertz CT molecular complexity index is 426. The lowest BCUT2D eigenvalue weighted by Crippen LogP contribution is -2.52. The van der Waals surface area contributed by atoms with E-state index in [1.165, 1.54) is 4.90 Å². The van der Waals surface area contributed by atoms with Gasteiger partial charge in [-0.05, 0) is 30.7 Å². The van der Waals surface area contributed by atoms with E-state index in [0.717, 1.165) is 16.9 Å². The van der Waals surface area contributed by atoms with E-state index in [-0.39, 0.29) is 0 Å². The molecule has 5 heteroatoms. The summed E-state index contributed by atoms with van der Waals surface area (Å²) in [6, 6.07) is 5.78. The molecule has 0 radical (unpaired) electrons. The maximum atomic E-state index is 10.7. The Balaban J connectivity index is 2.08. The van der Waals surface area contributed by atoms with E-state index in [4.69, 9.17) is 5.73 Å². The van der Waals surface area contributed by atoms with Crippen LogP contribution in [0.25, 0.3) is 0 Å². The number of carboxylic acid groups (broad SMARTS) is 1. The number of anilines is 2. The molecule has 0 spiro atoms. The molecule has 2 rings (SSSR count). The van der Waals surface area contributed by atoms with Crippen LogP contribution in [0.2, 0.25) is 0 Å². The lowest BCUT2D eigenvalue weighted by molar-refractivity contribution is -0.265. The van der Waals surface area contributed by atoms with E-state index in [9.17, 15) is 9.90 Å². The predicted molar refractivity (Wildman–Crippen MR) is 64.8 cm³/mol. The van der Waals surface area contributed by atoms with Crippen molar-refractivity contribution < 1.29 is 9.90 Å². The molecular formula is C12H16N3O2-. The van der Waals surface area contributed by atoms with Crippen LogP contribution in [-0.4, -0.2) is 37.2 Å².